The minimum Gasteiger partial charge on any atom is -0.389 e. The van der Waals surface area contributed by atoms with Gasteiger partial charge in [0, 0.05) is 24.4 Å². The molecule has 0 spiro atoms. The zero-order valence-electron chi connectivity index (χ0n) is 9.84. The molecule has 16 heavy (non-hydrogen) atoms. The molecule has 90 valence electrons. The third-order valence-electron chi connectivity index (χ3n) is 2.27. The highest BCUT2D eigenvalue weighted by atomic mass is 16.5. The Hall–Kier alpha value is -0.970. The zero-order valence-corrected chi connectivity index (χ0v) is 9.84. The Balaban J connectivity index is 2.37. The Morgan fingerprint density at radius 1 is 1.44 bits per heavy atom. The van der Waals surface area contributed by atoms with Crippen LogP contribution in [0.3, 0.4) is 0 Å². The van der Waals surface area contributed by atoms with Crippen LogP contribution in [0.2, 0.25) is 0 Å². The fourth-order valence-corrected chi connectivity index (χ4v) is 1.31. The Kier molecular flexibility index (Phi) is 5.38. The molecular weight excluding hydrogens is 204 g/mol. The van der Waals surface area contributed by atoms with Crippen molar-refractivity contribution in [2.45, 2.75) is 38.5 Å². The number of nitrogens with zero attached hydrogens (tertiary/aromatic N) is 1. The van der Waals surface area contributed by atoms with Gasteiger partial charge in [-0.25, -0.2) is 0 Å². The first-order valence-corrected chi connectivity index (χ1v) is 5.54. The van der Waals surface area contributed by atoms with Gasteiger partial charge < -0.3 is 15.6 Å². The number of hydrogen-bond donors (Lipinski definition) is 2. The lowest BCUT2D eigenvalue weighted by Gasteiger charge is -2.19. The highest BCUT2D eigenvalue weighted by molar-refractivity contribution is 5.05. The van der Waals surface area contributed by atoms with E-state index < -0.39 is 6.10 Å². The summed E-state index contributed by atoms with van der Waals surface area (Å²) in [5.41, 5.74) is 6.75. The topological polar surface area (TPSA) is 68.4 Å². The Labute approximate surface area is 96.5 Å². The molecular formula is C12H20N2O2. The van der Waals surface area contributed by atoms with E-state index in [9.17, 15) is 5.11 Å². The van der Waals surface area contributed by atoms with Crippen molar-refractivity contribution in [3.63, 3.8) is 0 Å². The number of rotatable bonds is 6. The quantitative estimate of drug-likeness (QED) is 0.747. The smallest absolute Gasteiger partial charge is 0.0928 e. The normalized spacial score (nSPS) is 15.1. The lowest BCUT2D eigenvalue weighted by atomic mass is 10.1. The van der Waals surface area contributed by atoms with Gasteiger partial charge in [0.15, 0.2) is 0 Å². The maximum Gasteiger partial charge on any atom is 0.0928 e. The van der Waals surface area contributed by atoms with Crippen molar-refractivity contribution in [1.29, 1.82) is 0 Å². The molecule has 0 radical (unpaired) electrons. The van der Waals surface area contributed by atoms with E-state index in [1.807, 2.05) is 32.0 Å². The van der Waals surface area contributed by atoms with Crippen molar-refractivity contribution in [1.82, 2.24) is 4.98 Å². The minimum absolute atomic E-state index is 0.108. The second kappa shape index (κ2) is 6.58. The van der Waals surface area contributed by atoms with Crippen LogP contribution in [-0.2, 0) is 11.2 Å². The number of hydrogen-bond acceptors (Lipinski definition) is 4. The van der Waals surface area contributed by atoms with Crippen LogP contribution in [0.15, 0.2) is 24.4 Å². The summed E-state index contributed by atoms with van der Waals surface area (Å²) in [6.07, 6.45) is 1.74. The van der Waals surface area contributed by atoms with E-state index in [0.717, 1.165) is 5.69 Å². The molecule has 2 atom stereocenters. The van der Waals surface area contributed by atoms with Gasteiger partial charge in [-0.2, -0.15) is 0 Å². The number of pyridine rings is 1. The Morgan fingerprint density at radius 3 is 2.75 bits per heavy atom. The predicted molar refractivity (Wildman–Crippen MR) is 63.0 cm³/mol. The first kappa shape index (κ1) is 13.1. The predicted octanol–water partition coefficient (Wildman–Crippen LogP) is 0.737. The first-order chi connectivity index (χ1) is 7.59. The van der Waals surface area contributed by atoms with Crippen molar-refractivity contribution in [2.75, 3.05) is 6.61 Å². The third-order valence-corrected chi connectivity index (χ3v) is 2.27. The molecule has 3 N–H and O–H groups in total. The molecule has 1 heterocycles. The van der Waals surface area contributed by atoms with Crippen molar-refractivity contribution in [2.24, 2.45) is 5.73 Å². The van der Waals surface area contributed by atoms with Gasteiger partial charge in [-0.15, -0.1) is 0 Å². The first-order valence-electron chi connectivity index (χ1n) is 5.54. The third kappa shape index (κ3) is 4.70. The summed E-state index contributed by atoms with van der Waals surface area (Å²) >= 11 is 0. The molecule has 0 unspecified atom stereocenters. The Bertz CT molecular complexity index is 290. The number of aliphatic hydroxyl groups is 1. The summed E-state index contributed by atoms with van der Waals surface area (Å²) in [4.78, 5) is 4.16. The molecule has 1 rings (SSSR count). The molecule has 4 nitrogen and oxygen atoms in total. The molecule has 0 saturated carbocycles. The van der Waals surface area contributed by atoms with E-state index >= 15 is 0 Å². The fraction of sp³-hybridized carbons (Fsp3) is 0.583. The number of nitrogens with two attached hydrogens (primary N) is 1. The van der Waals surface area contributed by atoms with E-state index in [-0.39, 0.29) is 18.8 Å². The SMILES string of the molecule is CC(C)OC[C@@H](O)[C@H](N)Cc1ccccn1. The van der Waals surface area contributed by atoms with Crippen LogP contribution in [0.5, 0.6) is 0 Å². The molecule has 0 aliphatic rings. The second-order valence-electron chi connectivity index (χ2n) is 4.14. The highest BCUT2D eigenvalue weighted by Gasteiger charge is 2.16. The van der Waals surface area contributed by atoms with E-state index in [4.69, 9.17) is 10.5 Å². The van der Waals surface area contributed by atoms with Crippen molar-refractivity contribution >= 4 is 0 Å². The van der Waals surface area contributed by atoms with E-state index in [1.165, 1.54) is 0 Å². The Morgan fingerprint density at radius 2 is 2.19 bits per heavy atom. The summed E-state index contributed by atoms with van der Waals surface area (Å²) in [6.45, 7) is 4.12. The summed E-state index contributed by atoms with van der Waals surface area (Å²) in [6, 6.07) is 5.32. The maximum atomic E-state index is 9.75. The summed E-state index contributed by atoms with van der Waals surface area (Å²) in [5, 5.41) is 9.75. The van der Waals surface area contributed by atoms with Gasteiger partial charge in [0.25, 0.3) is 0 Å². The minimum atomic E-state index is -0.649. The second-order valence-corrected chi connectivity index (χ2v) is 4.14. The van der Waals surface area contributed by atoms with Crippen LogP contribution >= 0.6 is 0 Å². The van der Waals surface area contributed by atoms with Crippen LogP contribution in [0.4, 0.5) is 0 Å². The van der Waals surface area contributed by atoms with Crippen LogP contribution in [0, 0.1) is 0 Å². The van der Waals surface area contributed by atoms with Crippen molar-refractivity contribution in [3.8, 4) is 0 Å². The van der Waals surface area contributed by atoms with Gasteiger partial charge in [0.2, 0.25) is 0 Å². The molecule has 0 aromatic carbocycles. The number of ether oxygens (including phenoxy) is 1. The monoisotopic (exact) mass is 224 g/mol. The van der Waals surface area contributed by atoms with Gasteiger partial charge in [0.1, 0.15) is 0 Å². The average Bonchev–Trinajstić information content (AvgIpc) is 2.27. The molecule has 0 aliphatic carbocycles. The van der Waals surface area contributed by atoms with E-state index in [1.54, 1.807) is 6.20 Å². The van der Waals surface area contributed by atoms with Crippen molar-refractivity contribution < 1.29 is 9.84 Å². The fourth-order valence-electron chi connectivity index (χ4n) is 1.31. The zero-order chi connectivity index (χ0) is 12.0. The lowest BCUT2D eigenvalue weighted by Crippen LogP contribution is -2.40. The van der Waals surface area contributed by atoms with Crippen LogP contribution in [-0.4, -0.2) is 34.9 Å². The lowest BCUT2D eigenvalue weighted by molar-refractivity contribution is -0.00432. The summed E-state index contributed by atoms with van der Waals surface area (Å²) in [7, 11) is 0. The molecule has 0 aliphatic heterocycles. The van der Waals surface area contributed by atoms with Crippen LogP contribution in [0.25, 0.3) is 0 Å². The van der Waals surface area contributed by atoms with Gasteiger partial charge in [-0.05, 0) is 26.0 Å². The van der Waals surface area contributed by atoms with Gasteiger partial charge in [-0.1, -0.05) is 6.07 Å². The van der Waals surface area contributed by atoms with Gasteiger partial charge >= 0.3 is 0 Å². The molecule has 1 aromatic heterocycles. The van der Waals surface area contributed by atoms with Gasteiger partial charge in [0.05, 0.1) is 18.8 Å². The highest BCUT2D eigenvalue weighted by Crippen LogP contribution is 2.03. The van der Waals surface area contributed by atoms with Gasteiger partial charge in [-0.3, -0.25) is 4.98 Å². The maximum absolute atomic E-state index is 9.75. The standard InChI is InChI=1S/C12H20N2O2/c1-9(2)16-8-12(15)11(13)7-10-5-3-4-6-14-10/h3-6,9,11-12,15H,7-8,13H2,1-2H3/t11-,12-/m1/s1. The molecule has 0 saturated heterocycles. The van der Waals surface area contributed by atoms with E-state index in [0.29, 0.717) is 6.42 Å². The summed E-state index contributed by atoms with van der Waals surface area (Å²) in [5.74, 6) is 0. The molecule has 4 heteroatoms. The van der Waals surface area contributed by atoms with Crippen molar-refractivity contribution in [3.05, 3.63) is 30.1 Å². The number of aromatic nitrogens is 1. The molecule has 1 aromatic rings. The molecule has 0 fully saturated rings. The van der Waals surface area contributed by atoms with Crippen LogP contribution < -0.4 is 5.73 Å². The average molecular weight is 224 g/mol. The molecule has 0 bridgehead atoms. The number of aliphatic hydroxyl groups excluding tert-OH is 1. The largest absolute Gasteiger partial charge is 0.389 e. The van der Waals surface area contributed by atoms with E-state index in [2.05, 4.69) is 4.98 Å². The molecule has 0 amide bonds. The van der Waals surface area contributed by atoms with Crippen LogP contribution in [0.1, 0.15) is 19.5 Å². The summed E-state index contributed by atoms with van der Waals surface area (Å²) < 4.78 is 5.31.